The van der Waals surface area contributed by atoms with Gasteiger partial charge >= 0.3 is 0 Å². The van der Waals surface area contributed by atoms with Crippen LogP contribution in [0.2, 0.25) is 5.15 Å². The molecule has 0 saturated heterocycles. The van der Waals surface area contributed by atoms with Crippen molar-refractivity contribution in [1.82, 2.24) is 10.2 Å². The zero-order valence-corrected chi connectivity index (χ0v) is 12.4. The third-order valence-electron chi connectivity index (χ3n) is 4.20. The largest absolute Gasteiger partial charge is 0.473 e. The molecule has 2 atom stereocenters. The van der Waals surface area contributed by atoms with Crippen LogP contribution >= 0.6 is 11.6 Å². The summed E-state index contributed by atoms with van der Waals surface area (Å²) >= 11 is 6.09. The van der Waals surface area contributed by atoms with E-state index in [0.29, 0.717) is 11.0 Å². The molecule has 1 fully saturated rings. The molecule has 20 heavy (non-hydrogen) atoms. The summed E-state index contributed by atoms with van der Waals surface area (Å²) in [5.74, 6) is 1.40. The van der Waals surface area contributed by atoms with Gasteiger partial charge in [0.25, 0.3) is 0 Å². The van der Waals surface area contributed by atoms with Gasteiger partial charge in [-0.2, -0.15) is 0 Å². The summed E-state index contributed by atoms with van der Waals surface area (Å²) in [6.45, 7) is 2.25. The maximum atomic E-state index is 6.12. The van der Waals surface area contributed by atoms with E-state index < -0.39 is 0 Å². The highest BCUT2D eigenvalue weighted by Gasteiger charge is 2.23. The van der Waals surface area contributed by atoms with Crippen LogP contribution in [0.4, 0.5) is 0 Å². The first-order chi connectivity index (χ1) is 9.78. The van der Waals surface area contributed by atoms with Crippen LogP contribution in [0.15, 0.2) is 24.3 Å². The van der Waals surface area contributed by atoms with E-state index in [1.807, 2.05) is 24.3 Å². The number of rotatable bonds is 3. The van der Waals surface area contributed by atoms with Crippen LogP contribution in [0.1, 0.15) is 39.0 Å². The summed E-state index contributed by atoms with van der Waals surface area (Å²) < 4.78 is 6.12. The van der Waals surface area contributed by atoms with Crippen molar-refractivity contribution >= 4 is 22.4 Å². The third kappa shape index (κ3) is 2.73. The number of aromatic nitrogens is 2. The fraction of sp³-hybridized carbons (Fsp3) is 0.500. The molecule has 2 unspecified atom stereocenters. The molecular formula is C16H19ClN2O. The minimum atomic E-state index is 0.257. The van der Waals surface area contributed by atoms with Crippen LogP contribution in [-0.2, 0) is 0 Å². The maximum Gasteiger partial charge on any atom is 0.241 e. The predicted molar refractivity (Wildman–Crippen MR) is 81.2 cm³/mol. The van der Waals surface area contributed by atoms with Gasteiger partial charge in [-0.05, 0) is 31.2 Å². The lowest BCUT2D eigenvalue weighted by atomic mass is 9.85. The Balaban J connectivity index is 1.86. The molecule has 3 rings (SSSR count). The van der Waals surface area contributed by atoms with Gasteiger partial charge in [-0.15, -0.1) is 10.2 Å². The van der Waals surface area contributed by atoms with E-state index in [1.54, 1.807) is 0 Å². The van der Waals surface area contributed by atoms with Crippen molar-refractivity contribution in [3.63, 3.8) is 0 Å². The van der Waals surface area contributed by atoms with Crippen molar-refractivity contribution in [2.24, 2.45) is 5.92 Å². The van der Waals surface area contributed by atoms with Crippen molar-refractivity contribution in [2.45, 2.75) is 45.1 Å². The van der Waals surface area contributed by atoms with Gasteiger partial charge in [0, 0.05) is 10.8 Å². The van der Waals surface area contributed by atoms with E-state index >= 15 is 0 Å². The number of halogens is 1. The molecule has 1 saturated carbocycles. The van der Waals surface area contributed by atoms with E-state index in [-0.39, 0.29) is 6.10 Å². The maximum absolute atomic E-state index is 6.12. The second kappa shape index (κ2) is 5.96. The smallest absolute Gasteiger partial charge is 0.241 e. The molecule has 1 aromatic heterocycles. The number of hydrogen-bond acceptors (Lipinski definition) is 3. The Hall–Kier alpha value is -1.35. The topological polar surface area (TPSA) is 35.0 Å². The number of fused-ring (bicyclic) bond motifs is 1. The van der Waals surface area contributed by atoms with Crippen LogP contribution < -0.4 is 4.74 Å². The second-order valence-corrected chi connectivity index (χ2v) is 5.88. The lowest BCUT2D eigenvalue weighted by Crippen LogP contribution is -2.25. The monoisotopic (exact) mass is 290 g/mol. The van der Waals surface area contributed by atoms with Crippen molar-refractivity contribution in [3.8, 4) is 5.88 Å². The Morgan fingerprint density at radius 3 is 2.80 bits per heavy atom. The average molecular weight is 291 g/mol. The van der Waals surface area contributed by atoms with Crippen molar-refractivity contribution in [1.29, 1.82) is 0 Å². The lowest BCUT2D eigenvalue weighted by Gasteiger charge is -2.28. The molecule has 4 heteroatoms. The van der Waals surface area contributed by atoms with E-state index in [9.17, 15) is 0 Å². The summed E-state index contributed by atoms with van der Waals surface area (Å²) in [5, 5.41) is 10.4. The van der Waals surface area contributed by atoms with Crippen molar-refractivity contribution in [3.05, 3.63) is 29.4 Å². The molecule has 0 amide bonds. The molecule has 3 nitrogen and oxygen atoms in total. The molecule has 1 aliphatic rings. The van der Waals surface area contributed by atoms with Gasteiger partial charge in [0.15, 0.2) is 5.15 Å². The van der Waals surface area contributed by atoms with Crippen LogP contribution in [-0.4, -0.2) is 16.3 Å². The third-order valence-corrected chi connectivity index (χ3v) is 4.48. The Kier molecular flexibility index (Phi) is 4.06. The summed E-state index contributed by atoms with van der Waals surface area (Å²) in [4.78, 5) is 0. The fourth-order valence-electron chi connectivity index (χ4n) is 3.01. The van der Waals surface area contributed by atoms with Crippen LogP contribution in [0, 0.1) is 5.92 Å². The highest BCUT2D eigenvalue weighted by molar-refractivity contribution is 6.34. The standard InChI is InChI=1S/C16H19ClN2O/c1-2-11-6-5-7-12(10-11)20-16-14-9-4-3-8-13(14)15(17)18-19-16/h3-4,8-9,11-12H,2,5-7,10H2,1H3. The highest BCUT2D eigenvalue weighted by Crippen LogP contribution is 2.32. The summed E-state index contributed by atoms with van der Waals surface area (Å²) in [6, 6.07) is 7.87. The van der Waals surface area contributed by atoms with Gasteiger partial charge in [-0.25, -0.2) is 0 Å². The highest BCUT2D eigenvalue weighted by atomic mass is 35.5. The summed E-state index contributed by atoms with van der Waals surface area (Å²) in [6.07, 6.45) is 6.27. The number of benzene rings is 1. The lowest BCUT2D eigenvalue weighted by molar-refractivity contribution is 0.118. The Bertz CT molecular complexity index is 602. The molecule has 0 N–H and O–H groups in total. The van der Waals surface area contributed by atoms with Gasteiger partial charge in [-0.3, -0.25) is 0 Å². The number of hydrogen-bond donors (Lipinski definition) is 0. The zero-order chi connectivity index (χ0) is 13.9. The van der Waals surface area contributed by atoms with Gasteiger partial charge in [-0.1, -0.05) is 49.6 Å². The molecule has 2 aromatic rings. The molecule has 0 aliphatic heterocycles. The normalized spacial score (nSPS) is 22.9. The Morgan fingerprint density at radius 2 is 2.00 bits per heavy atom. The van der Waals surface area contributed by atoms with Gasteiger partial charge in [0.2, 0.25) is 5.88 Å². The van der Waals surface area contributed by atoms with Crippen molar-refractivity contribution in [2.75, 3.05) is 0 Å². The predicted octanol–water partition coefficient (Wildman–Crippen LogP) is 4.63. The molecule has 0 spiro atoms. The molecule has 0 bridgehead atoms. The van der Waals surface area contributed by atoms with E-state index in [2.05, 4.69) is 17.1 Å². The quantitative estimate of drug-likeness (QED) is 0.826. The van der Waals surface area contributed by atoms with Crippen LogP contribution in [0.5, 0.6) is 5.88 Å². The first-order valence-electron chi connectivity index (χ1n) is 7.35. The van der Waals surface area contributed by atoms with E-state index in [0.717, 1.165) is 29.5 Å². The number of ether oxygens (including phenoxy) is 1. The molecule has 1 aromatic carbocycles. The van der Waals surface area contributed by atoms with E-state index in [4.69, 9.17) is 16.3 Å². The molecule has 0 radical (unpaired) electrons. The van der Waals surface area contributed by atoms with Gasteiger partial charge < -0.3 is 4.74 Å². The Labute approximate surface area is 124 Å². The minimum absolute atomic E-state index is 0.257. The minimum Gasteiger partial charge on any atom is -0.473 e. The molecular weight excluding hydrogens is 272 g/mol. The van der Waals surface area contributed by atoms with Gasteiger partial charge in [0.1, 0.15) is 6.10 Å². The second-order valence-electron chi connectivity index (χ2n) is 5.52. The molecule has 1 aliphatic carbocycles. The SMILES string of the molecule is CCC1CCCC(Oc2nnc(Cl)c3ccccc23)C1. The molecule has 1 heterocycles. The van der Waals surface area contributed by atoms with Crippen LogP contribution in [0.25, 0.3) is 10.8 Å². The average Bonchev–Trinajstić information content (AvgIpc) is 2.51. The molecule has 106 valence electrons. The summed E-state index contributed by atoms with van der Waals surface area (Å²) in [5.41, 5.74) is 0. The van der Waals surface area contributed by atoms with Crippen molar-refractivity contribution < 1.29 is 4.74 Å². The van der Waals surface area contributed by atoms with Gasteiger partial charge in [0.05, 0.1) is 0 Å². The zero-order valence-electron chi connectivity index (χ0n) is 11.7. The Morgan fingerprint density at radius 1 is 1.20 bits per heavy atom. The number of nitrogens with zero attached hydrogens (tertiary/aromatic N) is 2. The van der Waals surface area contributed by atoms with Crippen LogP contribution in [0.3, 0.4) is 0 Å². The van der Waals surface area contributed by atoms with E-state index in [1.165, 1.54) is 19.3 Å². The fourth-order valence-corrected chi connectivity index (χ4v) is 3.21. The first kappa shape index (κ1) is 13.6. The first-order valence-corrected chi connectivity index (χ1v) is 7.73. The summed E-state index contributed by atoms with van der Waals surface area (Å²) in [7, 11) is 0.